The molecule has 14 heteroatoms. The van der Waals surface area contributed by atoms with E-state index in [1.807, 2.05) is 20.8 Å². The molecule has 0 aliphatic carbocycles. The third-order valence-electron chi connectivity index (χ3n) is 11.3. The van der Waals surface area contributed by atoms with E-state index < -0.39 is 45.9 Å². The SMILES string of the molecule is C.C=P(C)(C)CC[C@H]1O[C@@H](C)[C@H](C)[C@@H]1O.C=P(C)(C)CC[C@H]1O[C@@H](C)[C@H](C)[C@@H]1O.C=P(C)(C)CC[C@H]1O[C@@H](C)[C@H](F)[C@@H]1O.C=P(C)(C)CC[C@H]1O[C@@H](C)[C@H](I)[C@@H]1O. The zero-order chi connectivity index (χ0) is 43.7. The third kappa shape index (κ3) is 22.1. The Balaban J connectivity index is 0.000000729. The average Bonchev–Trinajstić information content (AvgIpc) is 3.66. The maximum absolute atomic E-state index is 13.2. The summed E-state index contributed by atoms with van der Waals surface area (Å²) in [7, 11) is 0. The van der Waals surface area contributed by atoms with E-state index in [0.717, 1.165) is 50.3 Å². The molecule has 16 atom stereocenters. The molecule has 0 radical (unpaired) electrons. The molecular weight excluding hydrogens is 914 g/mol. The third-order valence-corrected chi connectivity index (χ3v) is 18.9. The fourth-order valence-corrected chi connectivity index (χ4v) is 11.3. The Hall–Kier alpha value is 1.54. The molecule has 4 N–H and O–H groups in total. The van der Waals surface area contributed by atoms with Gasteiger partial charge in [0, 0.05) is 11.8 Å². The Morgan fingerprint density at radius 2 is 0.702 bits per heavy atom. The van der Waals surface area contributed by atoms with E-state index in [-0.39, 0.29) is 84.2 Å². The van der Waals surface area contributed by atoms with Crippen LogP contribution < -0.4 is 0 Å². The van der Waals surface area contributed by atoms with Crippen LogP contribution in [0.3, 0.4) is 0 Å². The van der Waals surface area contributed by atoms with Gasteiger partial charge in [0.2, 0.25) is 0 Å². The van der Waals surface area contributed by atoms with Crippen molar-refractivity contribution >= 4 is 75.3 Å². The van der Waals surface area contributed by atoms with Crippen LogP contribution >= 0.6 is 50.1 Å². The lowest BCUT2D eigenvalue weighted by atomic mass is 9.98. The topological polar surface area (TPSA) is 118 Å². The van der Waals surface area contributed by atoms with Crippen molar-refractivity contribution in [2.45, 2.75) is 158 Å². The van der Waals surface area contributed by atoms with Gasteiger partial charge in [-0.15, -0.1) is 52.7 Å². The highest BCUT2D eigenvalue weighted by Gasteiger charge is 2.42. The van der Waals surface area contributed by atoms with Gasteiger partial charge in [0.25, 0.3) is 0 Å². The summed E-state index contributed by atoms with van der Waals surface area (Å²) >= 11 is 2.28. The molecular formula is C43H90FIO8P4. The molecule has 344 valence electrons. The minimum absolute atomic E-state index is 0. The number of aliphatic hydroxyl groups excluding tert-OH is 4. The molecule has 0 saturated carbocycles. The Bertz CT molecular complexity index is 1150. The highest BCUT2D eigenvalue weighted by atomic mass is 127. The van der Waals surface area contributed by atoms with Crippen LogP contribution in [0.25, 0.3) is 0 Å². The van der Waals surface area contributed by atoms with Crippen LogP contribution in [0.4, 0.5) is 4.39 Å². The second kappa shape index (κ2) is 25.1. The van der Waals surface area contributed by atoms with Crippen molar-refractivity contribution in [2.75, 3.05) is 78.0 Å². The lowest BCUT2D eigenvalue weighted by molar-refractivity contribution is 0.0150. The minimum atomic E-state index is -1.23. The first-order chi connectivity index (χ1) is 25.2. The van der Waals surface area contributed by atoms with Crippen LogP contribution in [-0.2, 0) is 18.9 Å². The Labute approximate surface area is 364 Å². The van der Waals surface area contributed by atoms with E-state index in [2.05, 4.69) is 115 Å². The largest absolute Gasteiger partial charge is 0.390 e. The van der Waals surface area contributed by atoms with Crippen molar-refractivity contribution in [3.05, 3.63) is 0 Å². The lowest BCUT2D eigenvalue weighted by Gasteiger charge is -2.18. The molecule has 4 fully saturated rings. The highest BCUT2D eigenvalue weighted by Crippen LogP contribution is 2.41. The first-order valence-electron chi connectivity index (χ1n) is 20.6. The Morgan fingerprint density at radius 3 is 0.895 bits per heavy atom. The molecule has 0 bridgehead atoms. The van der Waals surface area contributed by atoms with Crippen LogP contribution in [0.2, 0.25) is 0 Å². The number of ether oxygens (including phenoxy) is 4. The number of aliphatic hydroxyl groups is 4. The first kappa shape index (κ1) is 58.5. The molecule has 0 spiro atoms. The average molecular weight is 1000 g/mol. The van der Waals surface area contributed by atoms with Crippen LogP contribution in [-0.4, -0.2) is 207 Å². The van der Waals surface area contributed by atoms with Crippen molar-refractivity contribution < 1.29 is 43.8 Å². The predicted molar refractivity (Wildman–Crippen MR) is 271 cm³/mol. The monoisotopic (exact) mass is 1000 g/mol. The molecule has 4 rings (SSSR count). The van der Waals surface area contributed by atoms with Crippen molar-refractivity contribution in [3.63, 3.8) is 0 Å². The zero-order valence-corrected chi connectivity index (χ0v) is 43.4. The predicted octanol–water partition coefficient (Wildman–Crippen LogP) is 7.99. The standard InChI is InChI=1S/2C11H23O2P.C10H20FO2P.C10H20IO2P.CH4/c2*1-8-9(2)13-10(11(8)12)6-7-14(3,4)5;2*1-7-9(11)10(12)8(13-7)5-6-14(2,3)4;/h2*8-12H,3,6-7H2,1-2,4-5H3;2*7-10,12H,2,5-6H2,1,3-4H3;1H4/t2*8-,9-,10+,11-;2*7-,8+,9-,10+;/m0000./s1. The maximum Gasteiger partial charge on any atom is 0.154 e. The highest BCUT2D eigenvalue weighted by molar-refractivity contribution is 14.1. The lowest BCUT2D eigenvalue weighted by Crippen LogP contribution is -2.28. The number of halogens is 2. The summed E-state index contributed by atoms with van der Waals surface area (Å²) in [5, 5.41) is 39.2. The molecule has 0 amide bonds. The molecule has 4 heterocycles. The van der Waals surface area contributed by atoms with Crippen LogP contribution in [0, 0.1) is 11.8 Å². The Morgan fingerprint density at radius 1 is 0.456 bits per heavy atom. The van der Waals surface area contributed by atoms with Gasteiger partial charge in [-0.3, -0.25) is 0 Å². The van der Waals surface area contributed by atoms with Gasteiger partial charge in [-0.2, -0.15) is 0 Å². The molecule has 0 aromatic carbocycles. The summed E-state index contributed by atoms with van der Waals surface area (Å²) in [6, 6.07) is 0. The Kier molecular flexibility index (Phi) is 25.8. The molecule has 4 aliphatic rings. The normalized spacial score (nSPS) is 38.2. The summed E-state index contributed by atoms with van der Waals surface area (Å²) in [5.74, 6) is 0.539. The number of hydrogen-bond donors (Lipinski definition) is 4. The quantitative estimate of drug-likeness (QED) is 0.0885. The second-order valence-corrected chi connectivity index (χ2v) is 38.6. The van der Waals surface area contributed by atoms with E-state index in [1.165, 1.54) is 0 Å². The van der Waals surface area contributed by atoms with Gasteiger partial charge < -0.3 is 39.4 Å². The molecule has 4 aliphatic heterocycles. The van der Waals surface area contributed by atoms with Crippen LogP contribution in [0.15, 0.2) is 0 Å². The summed E-state index contributed by atoms with van der Waals surface area (Å²) < 4.78 is 35.9. The summed E-state index contributed by atoms with van der Waals surface area (Å²) in [4.78, 5) is 0. The number of hydrogen-bond acceptors (Lipinski definition) is 8. The van der Waals surface area contributed by atoms with E-state index in [4.69, 9.17) is 18.9 Å². The first-order valence-corrected chi connectivity index (χ1v) is 34.0. The van der Waals surface area contributed by atoms with E-state index in [1.54, 1.807) is 6.92 Å². The van der Waals surface area contributed by atoms with Gasteiger partial charge in [-0.05, 0) is 131 Å². The fourth-order valence-electron chi connectivity index (χ4n) is 6.88. The van der Waals surface area contributed by atoms with Gasteiger partial charge in [-0.25, -0.2) is 4.39 Å². The molecule has 57 heavy (non-hydrogen) atoms. The zero-order valence-electron chi connectivity index (χ0n) is 37.7. The summed E-state index contributed by atoms with van der Waals surface area (Å²) in [6.45, 7) is 25.5. The van der Waals surface area contributed by atoms with Crippen molar-refractivity contribution in [1.82, 2.24) is 0 Å². The molecule has 0 unspecified atom stereocenters. The molecule has 0 aromatic heterocycles. The summed E-state index contributed by atoms with van der Waals surface area (Å²) in [5.41, 5.74) is 0. The van der Waals surface area contributed by atoms with Crippen molar-refractivity contribution in [1.29, 1.82) is 0 Å². The van der Waals surface area contributed by atoms with Gasteiger partial charge in [0.15, 0.2) is 6.17 Å². The van der Waals surface area contributed by atoms with Crippen molar-refractivity contribution in [3.8, 4) is 0 Å². The number of rotatable bonds is 12. The van der Waals surface area contributed by atoms with Crippen LogP contribution in [0.1, 0.15) is 74.7 Å². The van der Waals surface area contributed by atoms with E-state index in [9.17, 15) is 24.8 Å². The van der Waals surface area contributed by atoms with Gasteiger partial charge >= 0.3 is 0 Å². The number of alkyl halides is 2. The van der Waals surface area contributed by atoms with Gasteiger partial charge in [0.05, 0.1) is 71.1 Å². The van der Waals surface area contributed by atoms with Gasteiger partial charge in [0.1, 0.15) is 6.10 Å². The van der Waals surface area contributed by atoms with Crippen LogP contribution in [0.5, 0.6) is 0 Å². The minimum Gasteiger partial charge on any atom is -0.390 e. The summed E-state index contributed by atoms with van der Waals surface area (Å²) in [6.07, 6.45) is 21.3. The van der Waals surface area contributed by atoms with Crippen molar-refractivity contribution in [2.24, 2.45) is 11.8 Å². The van der Waals surface area contributed by atoms with Gasteiger partial charge in [-0.1, -0.05) is 43.9 Å². The molecule has 0 aromatic rings. The molecule has 8 nitrogen and oxygen atoms in total. The maximum atomic E-state index is 13.2. The fraction of sp³-hybridized carbons (Fsp3) is 0.907. The van der Waals surface area contributed by atoms with E-state index >= 15 is 0 Å². The smallest absolute Gasteiger partial charge is 0.154 e. The molecule has 4 saturated heterocycles. The van der Waals surface area contributed by atoms with E-state index in [0.29, 0.717) is 0 Å². The second-order valence-electron chi connectivity index (χ2n) is 19.9.